The Bertz CT molecular complexity index is 892. The molecule has 0 aromatic heterocycles. The van der Waals surface area contributed by atoms with Crippen molar-refractivity contribution >= 4 is 11.8 Å². The van der Waals surface area contributed by atoms with Crippen molar-refractivity contribution in [2.45, 2.75) is 19.3 Å². The van der Waals surface area contributed by atoms with Gasteiger partial charge in [0.25, 0.3) is 0 Å². The van der Waals surface area contributed by atoms with E-state index in [-0.39, 0.29) is 29.3 Å². The van der Waals surface area contributed by atoms with Crippen molar-refractivity contribution in [1.29, 1.82) is 0 Å². The Kier molecular flexibility index (Phi) is 4.94. The molecule has 7 nitrogen and oxygen atoms in total. The molecule has 0 saturated carbocycles. The third-order valence-electron chi connectivity index (χ3n) is 4.59. The number of esters is 1. The number of carbonyl (C=O) groups excluding carboxylic acids is 2. The van der Waals surface area contributed by atoms with Crippen molar-refractivity contribution in [1.82, 2.24) is 0 Å². The van der Waals surface area contributed by atoms with Crippen LogP contribution in [0.1, 0.15) is 40.7 Å². The minimum absolute atomic E-state index is 0.000551. The molecule has 0 amide bonds. The molecule has 0 bridgehead atoms. The minimum Gasteiger partial charge on any atom is -0.507 e. The molecule has 1 atom stereocenters. The van der Waals surface area contributed by atoms with E-state index < -0.39 is 11.9 Å². The fraction of sp³-hybridized carbons (Fsp3) is 0.300. The van der Waals surface area contributed by atoms with Gasteiger partial charge in [0, 0.05) is 11.5 Å². The number of Topliss-reactive ketones (excluding diaryl/α,β-unsaturated/α-hetero) is 1. The van der Waals surface area contributed by atoms with Gasteiger partial charge in [0.05, 0.1) is 33.3 Å². The maximum Gasteiger partial charge on any atom is 0.312 e. The number of hydrogen-bond donors (Lipinski definition) is 1. The molecular weight excluding hydrogens is 352 g/mol. The van der Waals surface area contributed by atoms with Gasteiger partial charge in [-0.05, 0) is 36.8 Å². The molecule has 1 aliphatic rings. The van der Waals surface area contributed by atoms with Crippen LogP contribution in [0.25, 0.3) is 0 Å². The highest BCUT2D eigenvalue weighted by atomic mass is 16.5. The average Bonchev–Trinajstić information content (AvgIpc) is 2.65. The molecule has 1 heterocycles. The predicted octanol–water partition coefficient (Wildman–Crippen LogP) is 3.06. The van der Waals surface area contributed by atoms with E-state index in [9.17, 15) is 14.7 Å². The average molecular weight is 372 g/mol. The van der Waals surface area contributed by atoms with Crippen LogP contribution in [-0.4, -0.2) is 38.2 Å². The molecule has 2 aromatic rings. The Morgan fingerprint density at radius 1 is 1.11 bits per heavy atom. The summed E-state index contributed by atoms with van der Waals surface area (Å²) in [4.78, 5) is 23.9. The molecule has 1 aliphatic heterocycles. The van der Waals surface area contributed by atoms with Gasteiger partial charge in [-0.3, -0.25) is 9.59 Å². The SMILES string of the molecule is COc1cc(C2CC(=O)Oc3ccc(C(C)=O)c(O)c32)cc(OC)c1OC. The van der Waals surface area contributed by atoms with Crippen molar-refractivity contribution in [3.8, 4) is 28.7 Å². The molecule has 0 spiro atoms. The maximum absolute atomic E-state index is 12.1. The van der Waals surface area contributed by atoms with Gasteiger partial charge in [-0.25, -0.2) is 0 Å². The number of ether oxygens (including phenoxy) is 4. The Morgan fingerprint density at radius 3 is 2.26 bits per heavy atom. The van der Waals surface area contributed by atoms with Crippen molar-refractivity contribution in [2.24, 2.45) is 0 Å². The zero-order chi connectivity index (χ0) is 19.7. The molecule has 142 valence electrons. The van der Waals surface area contributed by atoms with Gasteiger partial charge < -0.3 is 24.1 Å². The number of aromatic hydroxyl groups is 1. The largest absolute Gasteiger partial charge is 0.507 e. The van der Waals surface area contributed by atoms with Gasteiger partial charge in [0.15, 0.2) is 17.3 Å². The lowest BCUT2D eigenvalue weighted by Gasteiger charge is -2.27. The van der Waals surface area contributed by atoms with Gasteiger partial charge >= 0.3 is 5.97 Å². The van der Waals surface area contributed by atoms with Gasteiger partial charge in [0.1, 0.15) is 11.5 Å². The van der Waals surface area contributed by atoms with Gasteiger partial charge in [0.2, 0.25) is 5.75 Å². The van der Waals surface area contributed by atoms with Crippen LogP contribution >= 0.6 is 0 Å². The van der Waals surface area contributed by atoms with E-state index in [0.717, 1.165) is 0 Å². The van der Waals surface area contributed by atoms with Crippen molar-refractivity contribution in [2.75, 3.05) is 21.3 Å². The highest BCUT2D eigenvalue weighted by molar-refractivity contribution is 5.98. The quantitative estimate of drug-likeness (QED) is 0.490. The highest BCUT2D eigenvalue weighted by Crippen LogP contribution is 2.48. The van der Waals surface area contributed by atoms with Crippen LogP contribution in [0.2, 0.25) is 0 Å². The van der Waals surface area contributed by atoms with Crippen LogP contribution in [0.15, 0.2) is 24.3 Å². The van der Waals surface area contributed by atoms with Gasteiger partial charge in [-0.2, -0.15) is 0 Å². The van der Waals surface area contributed by atoms with E-state index in [2.05, 4.69) is 0 Å². The fourth-order valence-corrected chi connectivity index (χ4v) is 3.32. The Morgan fingerprint density at radius 2 is 1.74 bits per heavy atom. The van der Waals surface area contributed by atoms with E-state index in [0.29, 0.717) is 28.4 Å². The Balaban J connectivity index is 2.23. The summed E-state index contributed by atoms with van der Waals surface area (Å²) in [5, 5.41) is 10.7. The number of methoxy groups -OCH3 is 3. The minimum atomic E-state index is -0.533. The van der Waals surface area contributed by atoms with Crippen LogP contribution in [0.4, 0.5) is 0 Å². The number of fused-ring (bicyclic) bond motifs is 1. The molecule has 7 heteroatoms. The summed E-state index contributed by atoms with van der Waals surface area (Å²) < 4.78 is 21.3. The molecule has 0 saturated heterocycles. The Labute approximate surface area is 156 Å². The molecule has 0 radical (unpaired) electrons. The standard InChI is InChI=1S/C20H20O7/c1-10(21)12-5-6-14-18(19(12)23)13(9-17(22)27-14)11-7-15(24-2)20(26-4)16(8-11)25-3/h5-8,13,23H,9H2,1-4H3. The summed E-state index contributed by atoms with van der Waals surface area (Å²) in [7, 11) is 4.49. The number of carbonyl (C=O) groups is 2. The lowest BCUT2D eigenvalue weighted by atomic mass is 9.84. The van der Waals surface area contributed by atoms with Crippen LogP contribution in [0.3, 0.4) is 0 Å². The molecular formula is C20H20O7. The van der Waals surface area contributed by atoms with Crippen molar-refractivity contribution in [3.05, 3.63) is 41.0 Å². The normalized spacial score (nSPS) is 15.6. The summed E-state index contributed by atoms with van der Waals surface area (Å²) in [6, 6.07) is 6.40. The fourth-order valence-electron chi connectivity index (χ4n) is 3.32. The zero-order valence-electron chi connectivity index (χ0n) is 15.5. The summed E-state index contributed by atoms with van der Waals surface area (Å²) in [5.74, 6) is 0.0632. The highest BCUT2D eigenvalue weighted by Gasteiger charge is 2.34. The number of hydrogen-bond acceptors (Lipinski definition) is 7. The third kappa shape index (κ3) is 3.16. The number of benzene rings is 2. The number of ketones is 1. The first kappa shape index (κ1) is 18.6. The smallest absolute Gasteiger partial charge is 0.312 e. The Hall–Kier alpha value is -3.22. The number of rotatable bonds is 5. The number of phenols is 1. The van der Waals surface area contributed by atoms with Crippen LogP contribution in [0.5, 0.6) is 28.7 Å². The van der Waals surface area contributed by atoms with Gasteiger partial charge in [-0.1, -0.05) is 0 Å². The summed E-state index contributed by atoms with van der Waals surface area (Å²) in [6.45, 7) is 1.37. The van der Waals surface area contributed by atoms with E-state index in [1.54, 1.807) is 12.1 Å². The molecule has 3 rings (SSSR count). The van der Waals surface area contributed by atoms with Crippen LogP contribution in [0, 0.1) is 0 Å². The zero-order valence-corrected chi connectivity index (χ0v) is 15.5. The first-order valence-electron chi connectivity index (χ1n) is 8.28. The summed E-state index contributed by atoms with van der Waals surface area (Å²) >= 11 is 0. The second kappa shape index (κ2) is 7.19. The van der Waals surface area contributed by atoms with Crippen molar-refractivity contribution in [3.63, 3.8) is 0 Å². The lowest BCUT2D eigenvalue weighted by molar-refractivity contribution is -0.135. The monoisotopic (exact) mass is 372 g/mol. The molecule has 2 aromatic carbocycles. The van der Waals surface area contributed by atoms with Gasteiger partial charge in [-0.15, -0.1) is 0 Å². The first-order valence-corrected chi connectivity index (χ1v) is 8.28. The predicted molar refractivity (Wildman–Crippen MR) is 96.3 cm³/mol. The molecule has 1 N–H and O–H groups in total. The van der Waals surface area contributed by atoms with E-state index in [4.69, 9.17) is 18.9 Å². The third-order valence-corrected chi connectivity index (χ3v) is 4.59. The molecule has 1 unspecified atom stereocenters. The first-order chi connectivity index (χ1) is 12.9. The lowest BCUT2D eigenvalue weighted by Crippen LogP contribution is -2.22. The summed E-state index contributed by atoms with van der Waals surface area (Å²) in [5.41, 5.74) is 1.22. The maximum atomic E-state index is 12.1. The van der Waals surface area contributed by atoms with E-state index in [1.807, 2.05) is 0 Å². The van der Waals surface area contributed by atoms with Crippen molar-refractivity contribution < 1.29 is 33.6 Å². The summed E-state index contributed by atoms with van der Waals surface area (Å²) in [6.07, 6.45) is 0.000551. The topological polar surface area (TPSA) is 91.3 Å². The van der Waals surface area contributed by atoms with E-state index >= 15 is 0 Å². The number of phenolic OH excluding ortho intramolecular Hbond substituents is 1. The van der Waals surface area contributed by atoms with Crippen LogP contribution in [-0.2, 0) is 4.79 Å². The van der Waals surface area contributed by atoms with Crippen LogP contribution < -0.4 is 18.9 Å². The molecule has 27 heavy (non-hydrogen) atoms. The second-order valence-electron chi connectivity index (χ2n) is 6.12. The molecule has 0 aliphatic carbocycles. The second-order valence-corrected chi connectivity index (χ2v) is 6.12. The van der Waals surface area contributed by atoms with E-state index in [1.165, 1.54) is 40.4 Å². The molecule has 0 fully saturated rings.